The molecule has 2 fully saturated rings. The number of carbonyl (C=O) groups excluding carboxylic acids is 1. The van der Waals surface area contributed by atoms with Crippen molar-refractivity contribution in [2.75, 3.05) is 30.4 Å². The van der Waals surface area contributed by atoms with Gasteiger partial charge in [0.05, 0.1) is 29.4 Å². The minimum atomic E-state index is -0.481. The lowest BCUT2D eigenvalue weighted by Gasteiger charge is -2.21. The van der Waals surface area contributed by atoms with Crippen LogP contribution >= 0.6 is 0 Å². The summed E-state index contributed by atoms with van der Waals surface area (Å²) in [5.74, 6) is 0.812. The van der Waals surface area contributed by atoms with E-state index in [0.717, 1.165) is 57.3 Å². The predicted molar refractivity (Wildman–Crippen MR) is 118 cm³/mol. The second-order valence-corrected chi connectivity index (χ2v) is 8.00. The quantitative estimate of drug-likeness (QED) is 0.507. The number of nitrogens with zero attached hydrogens (tertiary/aromatic N) is 2. The van der Waals surface area contributed by atoms with E-state index in [4.69, 9.17) is 9.47 Å². The second kappa shape index (κ2) is 9.24. The van der Waals surface area contributed by atoms with Crippen molar-refractivity contribution in [3.63, 3.8) is 0 Å². The summed E-state index contributed by atoms with van der Waals surface area (Å²) in [6, 6.07) is 9.72. The molecule has 4 rings (SSSR count). The number of nitrogens with one attached hydrogen (secondary N) is 1. The number of benzene rings is 2. The van der Waals surface area contributed by atoms with E-state index in [1.165, 1.54) is 12.1 Å². The lowest BCUT2D eigenvalue weighted by molar-refractivity contribution is -0.384. The van der Waals surface area contributed by atoms with Crippen LogP contribution in [0.15, 0.2) is 36.4 Å². The highest BCUT2D eigenvalue weighted by molar-refractivity contribution is 6.08. The predicted octanol–water partition coefficient (Wildman–Crippen LogP) is 4.78. The summed E-state index contributed by atoms with van der Waals surface area (Å²) in [7, 11) is 1.58. The third-order valence-corrected chi connectivity index (χ3v) is 5.90. The lowest BCUT2D eigenvalue weighted by atomic mass is 10.1. The highest BCUT2D eigenvalue weighted by atomic mass is 16.6. The number of nitro groups is 1. The van der Waals surface area contributed by atoms with E-state index < -0.39 is 4.92 Å². The fourth-order valence-corrected chi connectivity index (χ4v) is 4.28. The molecule has 0 spiro atoms. The smallest absolute Gasteiger partial charge is 0.270 e. The van der Waals surface area contributed by atoms with Gasteiger partial charge in [-0.15, -0.1) is 0 Å². The Hall–Kier alpha value is -3.29. The third kappa shape index (κ3) is 4.73. The van der Waals surface area contributed by atoms with Crippen LogP contribution in [0.2, 0.25) is 0 Å². The zero-order valence-electron chi connectivity index (χ0n) is 17.6. The topological polar surface area (TPSA) is 93.9 Å². The van der Waals surface area contributed by atoms with Crippen LogP contribution in [0.25, 0.3) is 0 Å². The lowest BCUT2D eigenvalue weighted by Crippen LogP contribution is -2.23. The first-order valence-corrected chi connectivity index (χ1v) is 10.7. The maximum absolute atomic E-state index is 13.1. The van der Waals surface area contributed by atoms with Gasteiger partial charge in [-0.3, -0.25) is 14.9 Å². The zero-order valence-corrected chi connectivity index (χ0v) is 17.6. The van der Waals surface area contributed by atoms with Crippen LogP contribution in [0, 0.1) is 10.1 Å². The van der Waals surface area contributed by atoms with Gasteiger partial charge in [-0.2, -0.15) is 0 Å². The van der Waals surface area contributed by atoms with Crippen LogP contribution in [0.4, 0.5) is 17.1 Å². The van der Waals surface area contributed by atoms with Crippen molar-refractivity contribution in [1.82, 2.24) is 0 Å². The molecule has 2 aliphatic rings. The summed E-state index contributed by atoms with van der Waals surface area (Å²) < 4.78 is 11.5. The number of hydrogen-bond acceptors (Lipinski definition) is 6. The molecule has 164 valence electrons. The van der Waals surface area contributed by atoms with Crippen LogP contribution in [-0.2, 0) is 0 Å². The molecule has 1 aliphatic heterocycles. The number of carbonyl (C=O) groups is 1. The maximum atomic E-state index is 13.1. The Morgan fingerprint density at radius 2 is 1.81 bits per heavy atom. The molecule has 1 heterocycles. The van der Waals surface area contributed by atoms with Gasteiger partial charge in [0.2, 0.25) is 0 Å². The summed E-state index contributed by atoms with van der Waals surface area (Å²) >= 11 is 0. The minimum Gasteiger partial charge on any atom is -0.493 e. The average Bonchev–Trinajstić information content (AvgIpc) is 3.48. The third-order valence-electron chi connectivity index (χ3n) is 5.90. The van der Waals surface area contributed by atoms with Crippen molar-refractivity contribution >= 4 is 23.0 Å². The molecule has 0 unspecified atom stereocenters. The molecule has 1 amide bonds. The SMILES string of the molecule is COc1ccc(NC(=O)c2cc([N+](=O)[O-])ccc2N2CCCC2)cc1OC1CCCC1. The monoisotopic (exact) mass is 425 g/mol. The van der Waals surface area contributed by atoms with Crippen molar-refractivity contribution in [2.24, 2.45) is 0 Å². The molecule has 0 atom stereocenters. The number of non-ortho nitro benzene ring substituents is 1. The molecule has 1 aliphatic carbocycles. The van der Waals surface area contributed by atoms with Gasteiger partial charge in [0.15, 0.2) is 11.5 Å². The van der Waals surface area contributed by atoms with E-state index in [1.54, 1.807) is 31.4 Å². The van der Waals surface area contributed by atoms with Gasteiger partial charge in [-0.25, -0.2) is 0 Å². The molecule has 31 heavy (non-hydrogen) atoms. The van der Waals surface area contributed by atoms with Gasteiger partial charge in [0.25, 0.3) is 11.6 Å². The number of methoxy groups -OCH3 is 1. The normalized spacial score (nSPS) is 16.4. The summed E-state index contributed by atoms with van der Waals surface area (Å²) in [6.07, 6.45) is 6.54. The first kappa shape index (κ1) is 21.0. The number of hydrogen-bond donors (Lipinski definition) is 1. The van der Waals surface area contributed by atoms with Gasteiger partial charge in [0, 0.05) is 37.0 Å². The number of amides is 1. The number of nitro benzene ring substituents is 1. The Labute approximate surface area is 181 Å². The van der Waals surface area contributed by atoms with Crippen LogP contribution in [-0.4, -0.2) is 37.1 Å². The molecule has 1 saturated carbocycles. The standard InChI is InChI=1S/C23H27N3O5/c1-30-21-11-8-16(14-22(21)31-18-6-2-3-7-18)24-23(27)19-15-17(26(28)29)9-10-20(19)25-12-4-5-13-25/h8-11,14-15,18H,2-7,12-13H2,1H3,(H,24,27). The zero-order chi connectivity index (χ0) is 21.8. The maximum Gasteiger partial charge on any atom is 0.270 e. The summed E-state index contributed by atoms with van der Waals surface area (Å²) in [5.41, 5.74) is 1.47. The van der Waals surface area contributed by atoms with E-state index in [1.807, 2.05) is 0 Å². The molecule has 0 bridgehead atoms. The Morgan fingerprint density at radius 3 is 2.48 bits per heavy atom. The number of ether oxygens (including phenoxy) is 2. The van der Waals surface area contributed by atoms with Gasteiger partial charge in [-0.05, 0) is 56.7 Å². The first-order valence-electron chi connectivity index (χ1n) is 10.7. The Kier molecular flexibility index (Phi) is 6.25. The summed E-state index contributed by atoms with van der Waals surface area (Å²) in [4.78, 5) is 26.0. The molecular formula is C23H27N3O5. The fourth-order valence-electron chi connectivity index (χ4n) is 4.28. The summed E-state index contributed by atoms with van der Waals surface area (Å²) in [5, 5.41) is 14.2. The van der Waals surface area contributed by atoms with Crippen LogP contribution in [0.3, 0.4) is 0 Å². The molecule has 8 nitrogen and oxygen atoms in total. The molecular weight excluding hydrogens is 398 g/mol. The van der Waals surface area contributed by atoms with Crippen molar-refractivity contribution in [1.29, 1.82) is 0 Å². The molecule has 2 aromatic carbocycles. The van der Waals surface area contributed by atoms with Crippen molar-refractivity contribution in [3.05, 3.63) is 52.1 Å². The highest BCUT2D eigenvalue weighted by Gasteiger charge is 2.23. The van der Waals surface area contributed by atoms with Gasteiger partial charge < -0.3 is 19.7 Å². The largest absolute Gasteiger partial charge is 0.493 e. The molecule has 2 aromatic rings. The van der Waals surface area contributed by atoms with Gasteiger partial charge in [-0.1, -0.05) is 0 Å². The molecule has 0 radical (unpaired) electrons. The molecule has 1 N–H and O–H groups in total. The molecule has 1 saturated heterocycles. The average molecular weight is 425 g/mol. The van der Waals surface area contributed by atoms with Crippen LogP contribution in [0.5, 0.6) is 11.5 Å². The molecule has 0 aromatic heterocycles. The molecule has 8 heteroatoms. The first-order chi connectivity index (χ1) is 15.0. The van der Waals surface area contributed by atoms with Crippen LogP contribution < -0.4 is 19.7 Å². The van der Waals surface area contributed by atoms with Crippen molar-refractivity contribution < 1.29 is 19.2 Å². The highest BCUT2D eigenvalue weighted by Crippen LogP contribution is 2.35. The number of rotatable bonds is 7. The van der Waals surface area contributed by atoms with Crippen molar-refractivity contribution in [3.8, 4) is 11.5 Å². The van der Waals surface area contributed by atoms with Crippen LogP contribution in [0.1, 0.15) is 48.9 Å². The van der Waals surface area contributed by atoms with E-state index >= 15 is 0 Å². The Morgan fingerprint density at radius 1 is 1.06 bits per heavy atom. The van der Waals surface area contributed by atoms with Gasteiger partial charge >= 0.3 is 0 Å². The number of anilines is 2. The van der Waals surface area contributed by atoms with E-state index in [2.05, 4.69) is 10.2 Å². The second-order valence-electron chi connectivity index (χ2n) is 8.00. The van der Waals surface area contributed by atoms with E-state index in [0.29, 0.717) is 22.7 Å². The van der Waals surface area contributed by atoms with Gasteiger partial charge in [0.1, 0.15) is 0 Å². The fraction of sp³-hybridized carbons (Fsp3) is 0.435. The summed E-state index contributed by atoms with van der Waals surface area (Å²) in [6.45, 7) is 1.67. The minimum absolute atomic E-state index is 0.104. The van der Waals surface area contributed by atoms with E-state index in [9.17, 15) is 14.9 Å². The Bertz CT molecular complexity index is 966. The van der Waals surface area contributed by atoms with E-state index in [-0.39, 0.29) is 17.7 Å². The Balaban J connectivity index is 1.59. The van der Waals surface area contributed by atoms with Crippen molar-refractivity contribution in [2.45, 2.75) is 44.6 Å².